The molecular formula is C16H24N2O6S. The molecule has 1 aromatic rings. The van der Waals surface area contributed by atoms with E-state index in [0.717, 1.165) is 0 Å². The van der Waals surface area contributed by atoms with E-state index in [9.17, 15) is 13.2 Å². The molecule has 1 unspecified atom stereocenters. The molecule has 25 heavy (non-hydrogen) atoms. The molecule has 1 aliphatic rings. The summed E-state index contributed by atoms with van der Waals surface area (Å²) in [5.41, 5.74) is 0. The third-order valence-corrected chi connectivity index (χ3v) is 5.45. The topological polar surface area (TPSA) is 94.2 Å². The number of carbonyl (C=O) groups excluding carboxylic acids is 1. The van der Waals surface area contributed by atoms with E-state index in [1.807, 2.05) is 0 Å². The molecule has 1 heterocycles. The second-order valence-corrected chi connectivity index (χ2v) is 7.37. The molecule has 0 bridgehead atoms. The Labute approximate surface area is 148 Å². The van der Waals surface area contributed by atoms with Gasteiger partial charge in [-0.15, -0.1) is 0 Å². The number of hydrogen-bond donors (Lipinski definition) is 1. The lowest BCUT2D eigenvalue weighted by atomic mass is 10.3. The van der Waals surface area contributed by atoms with Crippen molar-refractivity contribution in [1.29, 1.82) is 0 Å². The highest BCUT2D eigenvalue weighted by Crippen LogP contribution is 2.22. The van der Waals surface area contributed by atoms with Crippen LogP contribution in [0, 0.1) is 0 Å². The highest BCUT2D eigenvalue weighted by Gasteiger charge is 2.40. The normalized spacial score (nSPS) is 18.4. The first-order chi connectivity index (χ1) is 11.8. The van der Waals surface area contributed by atoms with Gasteiger partial charge in [-0.1, -0.05) is 6.92 Å². The summed E-state index contributed by atoms with van der Waals surface area (Å²) < 4.78 is 43.8. The van der Waals surface area contributed by atoms with Gasteiger partial charge in [0, 0.05) is 26.4 Å². The number of nitrogens with zero attached hydrogens (tertiary/aromatic N) is 1. The Morgan fingerprint density at radius 2 is 1.88 bits per heavy atom. The first-order valence-corrected chi connectivity index (χ1v) is 9.51. The minimum absolute atomic E-state index is 0.0559. The van der Waals surface area contributed by atoms with Gasteiger partial charge in [0.2, 0.25) is 15.9 Å². The Balaban J connectivity index is 2.28. The van der Waals surface area contributed by atoms with E-state index in [-0.39, 0.29) is 11.3 Å². The molecule has 1 fully saturated rings. The number of morpholine rings is 1. The van der Waals surface area contributed by atoms with Crippen LogP contribution in [-0.4, -0.2) is 58.5 Å². The van der Waals surface area contributed by atoms with Crippen LogP contribution in [0.15, 0.2) is 29.2 Å². The van der Waals surface area contributed by atoms with E-state index in [2.05, 4.69) is 4.72 Å². The quantitative estimate of drug-likeness (QED) is 0.562. The lowest BCUT2D eigenvalue weighted by molar-refractivity contribution is -0.192. The summed E-state index contributed by atoms with van der Waals surface area (Å²) >= 11 is 0. The molecule has 0 radical (unpaired) electrons. The molecule has 0 aromatic heterocycles. The molecule has 0 amide bonds. The predicted octanol–water partition coefficient (Wildman–Crippen LogP) is 0.933. The van der Waals surface area contributed by atoms with Crippen molar-refractivity contribution in [3.63, 3.8) is 0 Å². The maximum atomic E-state index is 12.8. The minimum Gasteiger partial charge on any atom is -0.497 e. The Bertz CT molecular complexity index is 685. The van der Waals surface area contributed by atoms with Crippen LogP contribution in [0.4, 0.5) is 0 Å². The van der Waals surface area contributed by atoms with E-state index in [1.165, 1.54) is 26.2 Å². The summed E-state index contributed by atoms with van der Waals surface area (Å²) in [4.78, 5) is 13.6. The van der Waals surface area contributed by atoms with Gasteiger partial charge in [-0.3, -0.25) is 4.79 Å². The summed E-state index contributed by atoms with van der Waals surface area (Å²) in [5, 5.41) is 0. The van der Waals surface area contributed by atoms with Crippen LogP contribution in [0.3, 0.4) is 0 Å². The van der Waals surface area contributed by atoms with Gasteiger partial charge in [-0.25, -0.2) is 13.3 Å². The van der Waals surface area contributed by atoms with E-state index < -0.39 is 21.8 Å². The van der Waals surface area contributed by atoms with Gasteiger partial charge in [0.1, 0.15) is 5.75 Å². The number of hydrogen-bond acceptors (Lipinski definition) is 7. The highest BCUT2D eigenvalue weighted by atomic mass is 32.2. The molecule has 1 atom stereocenters. The summed E-state index contributed by atoms with van der Waals surface area (Å²) in [6.45, 7) is 4.94. The number of rotatable bonds is 7. The third-order valence-electron chi connectivity index (χ3n) is 3.91. The largest absolute Gasteiger partial charge is 0.497 e. The van der Waals surface area contributed by atoms with Gasteiger partial charge in [0.25, 0.3) is 0 Å². The molecule has 9 heteroatoms. The highest BCUT2D eigenvalue weighted by molar-refractivity contribution is 7.89. The monoisotopic (exact) mass is 372 g/mol. The molecular weight excluding hydrogens is 348 g/mol. The third kappa shape index (κ3) is 4.91. The zero-order chi connectivity index (χ0) is 18.5. The second kappa shape index (κ2) is 8.13. The molecule has 8 nitrogen and oxygen atoms in total. The van der Waals surface area contributed by atoms with E-state index in [1.54, 1.807) is 24.0 Å². The molecule has 1 aromatic carbocycles. The zero-order valence-electron chi connectivity index (χ0n) is 14.6. The molecule has 0 aliphatic carbocycles. The van der Waals surface area contributed by atoms with Crippen LogP contribution in [0.1, 0.15) is 20.3 Å². The molecule has 1 saturated heterocycles. The van der Waals surface area contributed by atoms with Crippen molar-refractivity contribution in [2.45, 2.75) is 31.0 Å². The zero-order valence-corrected chi connectivity index (χ0v) is 15.5. The van der Waals surface area contributed by atoms with Crippen LogP contribution in [0.2, 0.25) is 0 Å². The Hall–Kier alpha value is -1.68. The number of methoxy groups -OCH3 is 1. The van der Waals surface area contributed by atoms with Gasteiger partial charge < -0.3 is 14.2 Å². The number of ether oxygens (including phenoxy) is 3. The summed E-state index contributed by atoms with van der Waals surface area (Å²) in [6.07, 6.45) is 0.143. The second-order valence-electron chi connectivity index (χ2n) is 5.69. The van der Waals surface area contributed by atoms with Gasteiger partial charge in [0.15, 0.2) is 0 Å². The van der Waals surface area contributed by atoms with E-state index >= 15 is 0 Å². The van der Waals surface area contributed by atoms with Gasteiger partial charge >= 0.3 is 5.97 Å². The van der Waals surface area contributed by atoms with E-state index in [4.69, 9.17) is 14.2 Å². The maximum absolute atomic E-state index is 12.8. The van der Waals surface area contributed by atoms with Crippen LogP contribution in [0.5, 0.6) is 5.75 Å². The average molecular weight is 372 g/mol. The standard InChI is InChI=1S/C16H24N2O6S/c1-4-15(19)24-16(2,18-9-11-23-12-10-18)17-25(20,21)14-7-5-13(22-3)6-8-14/h5-8,17H,4,9-12H2,1-3H3. The fourth-order valence-corrected chi connectivity index (χ4v) is 3.78. The number of sulfonamides is 1. The molecule has 2 rings (SSSR count). The Morgan fingerprint density at radius 3 is 2.40 bits per heavy atom. The first-order valence-electron chi connectivity index (χ1n) is 8.03. The van der Waals surface area contributed by atoms with Gasteiger partial charge in [-0.05, 0) is 24.3 Å². The van der Waals surface area contributed by atoms with Crippen LogP contribution in [-0.2, 0) is 24.3 Å². The lowest BCUT2D eigenvalue weighted by Crippen LogP contribution is -2.63. The van der Waals surface area contributed by atoms with Gasteiger partial charge in [0.05, 0.1) is 25.2 Å². The van der Waals surface area contributed by atoms with Crippen LogP contribution < -0.4 is 9.46 Å². The van der Waals surface area contributed by atoms with Crippen LogP contribution in [0.25, 0.3) is 0 Å². The average Bonchev–Trinajstić information content (AvgIpc) is 2.62. The van der Waals surface area contributed by atoms with Crippen LogP contribution >= 0.6 is 0 Å². The summed E-state index contributed by atoms with van der Waals surface area (Å²) in [5.74, 6) is -1.44. The van der Waals surface area contributed by atoms with Crippen molar-refractivity contribution in [1.82, 2.24) is 9.62 Å². The SMILES string of the molecule is CCC(=O)OC(C)(NS(=O)(=O)c1ccc(OC)cc1)N1CCOCC1. The first kappa shape index (κ1) is 19.6. The fraction of sp³-hybridized carbons (Fsp3) is 0.562. The van der Waals surface area contributed by atoms with Crippen molar-refractivity contribution >= 4 is 16.0 Å². The van der Waals surface area contributed by atoms with E-state index in [0.29, 0.717) is 32.1 Å². The minimum atomic E-state index is -3.91. The van der Waals surface area contributed by atoms with Gasteiger partial charge in [-0.2, -0.15) is 4.72 Å². The molecule has 0 saturated carbocycles. The summed E-state index contributed by atoms with van der Waals surface area (Å²) in [6, 6.07) is 5.97. The van der Waals surface area contributed by atoms with Crippen molar-refractivity contribution in [3.8, 4) is 5.75 Å². The van der Waals surface area contributed by atoms with Crippen molar-refractivity contribution in [3.05, 3.63) is 24.3 Å². The Kier molecular flexibility index (Phi) is 6.39. The predicted molar refractivity (Wildman–Crippen MR) is 90.5 cm³/mol. The molecule has 140 valence electrons. The lowest BCUT2D eigenvalue weighted by Gasteiger charge is -2.41. The number of nitrogens with one attached hydrogen (secondary N) is 1. The fourth-order valence-electron chi connectivity index (χ4n) is 2.50. The number of esters is 1. The summed E-state index contributed by atoms with van der Waals surface area (Å²) in [7, 11) is -2.41. The maximum Gasteiger partial charge on any atom is 0.308 e. The number of carbonyl (C=O) groups is 1. The smallest absolute Gasteiger partial charge is 0.308 e. The molecule has 1 aliphatic heterocycles. The Morgan fingerprint density at radius 1 is 1.28 bits per heavy atom. The molecule has 0 spiro atoms. The molecule has 1 N–H and O–H groups in total. The van der Waals surface area contributed by atoms with Crippen molar-refractivity contribution < 1.29 is 27.4 Å². The van der Waals surface area contributed by atoms with Crippen molar-refractivity contribution in [2.24, 2.45) is 0 Å². The number of benzene rings is 1. The van der Waals surface area contributed by atoms with Crippen molar-refractivity contribution in [2.75, 3.05) is 33.4 Å².